The van der Waals surface area contributed by atoms with Gasteiger partial charge in [-0.15, -0.1) is 0 Å². The Hall–Kier alpha value is -1.20. The molecular formula is C23H34O5. The summed E-state index contributed by atoms with van der Waals surface area (Å²) in [5.41, 5.74) is -1.67. The zero-order chi connectivity index (χ0) is 20.5. The number of rotatable bonds is 7. The van der Waals surface area contributed by atoms with Gasteiger partial charge >= 0.3 is 5.97 Å². The smallest absolute Gasteiger partial charge is 0.315 e. The Kier molecular flexibility index (Phi) is 4.59. The summed E-state index contributed by atoms with van der Waals surface area (Å²) in [5.74, 6) is 0.307. The maximum absolute atomic E-state index is 13.1. The van der Waals surface area contributed by atoms with Gasteiger partial charge in [-0.05, 0) is 55.8 Å². The molecule has 0 aromatic rings. The first-order chi connectivity index (χ1) is 13.2. The fourth-order valence-corrected chi connectivity index (χ4v) is 8.05. The van der Waals surface area contributed by atoms with Crippen molar-refractivity contribution in [3.05, 3.63) is 11.6 Å². The molecule has 0 saturated heterocycles. The second kappa shape index (κ2) is 6.40. The lowest BCUT2D eigenvalue weighted by molar-refractivity contribution is -0.187. The molecule has 4 rings (SSSR count). The standard InChI is InChI=1S/C23H34O5/c1-13(2)19-7-16-8-21(11-24)18-6-5-14(3)17(18)9-22(16,12-28-10-15(4)25)23(19,21)20(26)27/h7,11,13-18,25H,5-6,8-10,12H2,1-4H3,(H,26,27). The molecule has 4 aliphatic rings. The van der Waals surface area contributed by atoms with Crippen molar-refractivity contribution < 1.29 is 24.5 Å². The largest absolute Gasteiger partial charge is 0.481 e. The second-order valence-corrected chi connectivity index (χ2v) is 10.4. The first kappa shape index (κ1) is 20.1. The van der Waals surface area contributed by atoms with E-state index in [0.29, 0.717) is 24.9 Å². The molecule has 0 aromatic heterocycles. The van der Waals surface area contributed by atoms with Crippen LogP contribution in [-0.2, 0) is 14.3 Å². The molecule has 2 N–H and O–H groups in total. The van der Waals surface area contributed by atoms with Gasteiger partial charge in [0.05, 0.1) is 24.7 Å². The van der Waals surface area contributed by atoms with E-state index < -0.39 is 28.3 Å². The van der Waals surface area contributed by atoms with Crippen LogP contribution in [0.15, 0.2) is 11.6 Å². The third kappa shape index (κ3) is 2.10. The van der Waals surface area contributed by atoms with Crippen LogP contribution in [0.3, 0.4) is 0 Å². The molecule has 8 atom stereocenters. The van der Waals surface area contributed by atoms with E-state index in [1.165, 1.54) is 0 Å². The summed E-state index contributed by atoms with van der Waals surface area (Å²) in [6.45, 7) is 8.52. The number of fused-ring (bicyclic) bond motifs is 2. The lowest BCUT2D eigenvalue weighted by Crippen LogP contribution is -2.63. The average molecular weight is 391 g/mol. The second-order valence-electron chi connectivity index (χ2n) is 10.4. The van der Waals surface area contributed by atoms with Crippen LogP contribution < -0.4 is 0 Å². The Bertz CT molecular complexity index is 712. The van der Waals surface area contributed by atoms with Crippen molar-refractivity contribution in [2.24, 2.45) is 45.8 Å². The number of hydrogen-bond acceptors (Lipinski definition) is 4. The highest BCUT2D eigenvalue weighted by Crippen LogP contribution is 2.82. The van der Waals surface area contributed by atoms with Crippen LogP contribution in [0.25, 0.3) is 0 Å². The summed E-state index contributed by atoms with van der Waals surface area (Å²) >= 11 is 0. The minimum Gasteiger partial charge on any atom is -0.481 e. The molecular weight excluding hydrogens is 356 g/mol. The summed E-state index contributed by atoms with van der Waals surface area (Å²) in [4.78, 5) is 26.0. The molecule has 156 valence electrons. The minimum absolute atomic E-state index is 0.0537. The number of aliphatic hydroxyl groups excluding tert-OH is 1. The molecule has 4 aliphatic carbocycles. The van der Waals surface area contributed by atoms with Gasteiger partial charge in [0, 0.05) is 5.41 Å². The monoisotopic (exact) mass is 390 g/mol. The predicted octanol–water partition coefficient (Wildman–Crippen LogP) is 3.31. The Labute approximate surface area is 167 Å². The number of hydrogen-bond donors (Lipinski definition) is 2. The van der Waals surface area contributed by atoms with E-state index >= 15 is 0 Å². The van der Waals surface area contributed by atoms with Crippen molar-refractivity contribution >= 4 is 12.3 Å². The number of carboxylic acid groups (broad SMARTS) is 1. The van der Waals surface area contributed by atoms with Crippen LogP contribution in [0.4, 0.5) is 0 Å². The van der Waals surface area contributed by atoms with Crippen LogP contribution in [0.1, 0.15) is 53.4 Å². The van der Waals surface area contributed by atoms with Crippen molar-refractivity contribution in [3.63, 3.8) is 0 Å². The summed E-state index contributed by atoms with van der Waals surface area (Å²) in [7, 11) is 0. The van der Waals surface area contributed by atoms with Gasteiger partial charge in [0.15, 0.2) is 0 Å². The van der Waals surface area contributed by atoms with E-state index in [1.54, 1.807) is 6.92 Å². The van der Waals surface area contributed by atoms with Crippen molar-refractivity contribution in [3.8, 4) is 0 Å². The van der Waals surface area contributed by atoms with Gasteiger partial charge in [0.2, 0.25) is 0 Å². The average Bonchev–Trinajstić information content (AvgIpc) is 3.18. The third-order valence-electron chi connectivity index (χ3n) is 8.84. The fourth-order valence-electron chi connectivity index (χ4n) is 8.05. The van der Waals surface area contributed by atoms with Crippen LogP contribution in [0.5, 0.6) is 0 Å². The molecule has 3 fully saturated rings. The van der Waals surface area contributed by atoms with Gasteiger partial charge in [-0.25, -0.2) is 0 Å². The number of carbonyl (C=O) groups is 2. The number of carbonyl (C=O) groups excluding carboxylic acids is 1. The summed E-state index contributed by atoms with van der Waals surface area (Å²) in [5, 5.41) is 20.5. The molecule has 0 radical (unpaired) electrons. The summed E-state index contributed by atoms with van der Waals surface area (Å²) in [6.07, 6.45) is 6.07. The SMILES string of the molecule is CC(O)COCC12CC3C(C)CCC3C3(C=O)CC1C=C(C(C)C)C32C(=O)O. The van der Waals surface area contributed by atoms with E-state index in [2.05, 4.69) is 13.0 Å². The Morgan fingerprint density at radius 2 is 2.04 bits per heavy atom. The lowest BCUT2D eigenvalue weighted by Gasteiger charge is -2.58. The normalized spacial score (nSPS) is 47.1. The van der Waals surface area contributed by atoms with E-state index in [0.717, 1.165) is 31.1 Å². The van der Waals surface area contributed by atoms with Gasteiger partial charge < -0.3 is 19.7 Å². The maximum atomic E-state index is 13.1. The number of aldehydes is 1. The minimum atomic E-state index is -1.18. The quantitative estimate of drug-likeness (QED) is 0.515. The molecule has 0 aliphatic heterocycles. The van der Waals surface area contributed by atoms with E-state index in [1.807, 2.05) is 13.8 Å². The van der Waals surface area contributed by atoms with E-state index in [-0.39, 0.29) is 24.4 Å². The molecule has 5 heteroatoms. The molecule has 28 heavy (non-hydrogen) atoms. The zero-order valence-corrected chi connectivity index (χ0v) is 17.5. The van der Waals surface area contributed by atoms with Crippen molar-refractivity contribution in [1.82, 2.24) is 0 Å². The van der Waals surface area contributed by atoms with Gasteiger partial charge in [-0.3, -0.25) is 4.79 Å². The highest BCUT2D eigenvalue weighted by molar-refractivity contribution is 5.90. The van der Waals surface area contributed by atoms with Gasteiger partial charge in [0.1, 0.15) is 11.7 Å². The Morgan fingerprint density at radius 1 is 1.32 bits per heavy atom. The summed E-state index contributed by atoms with van der Waals surface area (Å²) < 4.78 is 5.95. The third-order valence-corrected chi connectivity index (χ3v) is 8.84. The molecule has 0 amide bonds. The van der Waals surface area contributed by atoms with Crippen molar-refractivity contribution in [1.29, 1.82) is 0 Å². The van der Waals surface area contributed by atoms with Gasteiger partial charge in [0.25, 0.3) is 0 Å². The zero-order valence-electron chi connectivity index (χ0n) is 17.5. The van der Waals surface area contributed by atoms with Gasteiger partial charge in [-0.2, -0.15) is 0 Å². The molecule has 0 aromatic carbocycles. The maximum Gasteiger partial charge on any atom is 0.315 e. The number of carboxylic acids is 1. The first-order valence-electron chi connectivity index (χ1n) is 10.9. The van der Waals surface area contributed by atoms with Crippen LogP contribution in [0, 0.1) is 45.8 Å². The van der Waals surface area contributed by atoms with Crippen molar-refractivity contribution in [2.75, 3.05) is 13.2 Å². The number of aliphatic hydroxyl groups is 1. The van der Waals surface area contributed by atoms with Crippen molar-refractivity contribution in [2.45, 2.75) is 59.5 Å². The molecule has 8 unspecified atom stereocenters. The summed E-state index contributed by atoms with van der Waals surface area (Å²) in [6, 6.07) is 0. The van der Waals surface area contributed by atoms with Gasteiger partial charge in [-0.1, -0.05) is 38.8 Å². The molecule has 0 heterocycles. The van der Waals surface area contributed by atoms with E-state index in [4.69, 9.17) is 4.74 Å². The Balaban J connectivity index is 1.90. The highest BCUT2D eigenvalue weighted by Gasteiger charge is 2.84. The molecule has 3 saturated carbocycles. The fraction of sp³-hybridized carbons (Fsp3) is 0.826. The number of aliphatic carboxylic acids is 1. The first-order valence-corrected chi connectivity index (χ1v) is 10.9. The van der Waals surface area contributed by atoms with Crippen LogP contribution in [0.2, 0.25) is 0 Å². The van der Waals surface area contributed by atoms with Crippen LogP contribution in [-0.4, -0.2) is 41.8 Å². The number of ether oxygens (including phenoxy) is 1. The highest BCUT2D eigenvalue weighted by atomic mass is 16.5. The molecule has 5 nitrogen and oxygen atoms in total. The predicted molar refractivity (Wildman–Crippen MR) is 105 cm³/mol. The van der Waals surface area contributed by atoms with Crippen LogP contribution >= 0.6 is 0 Å². The molecule has 0 spiro atoms. The Morgan fingerprint density at radius 3 is 2.61 bits per heavy atom. The lowest BCUT2D eigenvalue weighted by atomic mass is 9.43. The van der Waals surface area contributed by atoms with E-state index in [9.17, 15) is 19.8 Å². The number of allylic oxidation sites excluding steroid dienone is 1. The molecule has 4 bridgehead atoms. The topological polar surface area (TPSA) is 83.8 Å².